The molecule has 6 nitrogen and oxygen atoms in total. The number of benzene rings is 1. The second-order valence-electron chi connectivity index (χ2n) is 5.77. The fraction of sp³-hybridized carbons (Fsp3) is 0.562. The minimum atomic E-state index is -3.45. The number of carbonyl (C=O) groups is 1. The van der Waals surface area contributed by atoms with E-state index in [2.05, 4.69) is 4.72 Å². The van der Waals surface area contributed by atoms with Gasteiger partial charge in [-0.3, -0.25) is 4.79 Å². The molecule has 0 bridgehead atoms. The van der Waals surface area contributed by atoms with E-state index in [1.165, 1.54) is 4.31 Å². The predicted molar refractivity (Wildman–Crippen MR) is 89.8 cm³/mol. The number of likely N-dealkylation sites (tertiary alicyclic amines) is 1. The van der Waals surface area contributed by atoms with Gasteiger partial charge in [-0.05, 0) is 11.5 Å². The van der Waals surface area contributed by atoms with E-state index in [1.807, 2.05) is 44.2 Å². The number of amides is 1. The molecule has 1 aromatic rings. The van der Waals surface area contributed by atoms with E-state index in [0.717, 1.165) is 5.56 Å². The molecule has 128 valence electrons. The van der Waals surface area contributed by atoms with Crippen LogP contribution in [0.4, 0.5) is 0 Å². The molecule has 0 radical (unpaired) electrons. The lowest BCUT2D eigenvalue weighted by Crippen LogP contribution is -2.42. The molecule has 23 heavy (non-hydrogen) atoms. The highest BCUT2D eigenvalue weighted by Gasteiger charge is 2.30. The van der Waals surface area contributed by atoms with Crippen LogP contribution in [0.5, 0.6) is 0 Å². The van der Waals surface area contributed by atoms with Gasteiger partial charge < -0.3 is 4.90 Å². The molecule has 1 unspecified atom stereocenters. The minimum Gasteiger partial charge on any atom is -0.338 e. The van der Waals surface area contributed by atoms with Crippen LogP contribution in [-0.4, -0.2) is 49.7 Å². The Labute approximate surface area is 138 Å². The van der Waals surface area contributed by atoms with E-state index in [4.69, 9.17) is 0 Å². The van der Waals surface area contributed by atoms with Gasteiger partial charge in [0.15, 0.2) is 0 Å². The summed E-state index contributed by atoms with van der Waals surface area (Å²) in [7, 11) is -3.45. The van der Waals surface area contributed by atoms with Crippen molar-refractivity contribution in [1.82, 2.24) is 13.9 Å². The van der Waals surface area contributed by atoms with E-state index in [9.17, 15) is 13.2 Å². The molecular weight excluding hydrogens is 314 g/mol. The molecule has 0 saturated carbocycles. The Balaban J connectivity index is 1.88. The summed E-state index contributed by atoms with van der Waals surface area (Å²) in [5.74, 6) is 0.109. The summed E-state index contributed by atoms with van der Waals surface area (Å²) in [6, 6.07) is 9.82. The number of carbonyl (C=O) groups excluding carboxylic acids is 1. The zero-order chi connectivity index (χ0) is 16.9. The maximum atomic E-state index is 12.1. The van der Waals surface area contributed by atoms with Crippen LogP contribution in [0.25, 0.3) is 0 Å². The molecule has 1 atom stereocenters. The van der Waals surface area contributed by atoms with Gasteiger partial charge in [-0.2, -0.15) is 12.7 Å². The first-order valence-corrected chi connectivity index (χ1v) is 9.46. The summed E-state index contributed by atoms with van der Waals surface area (Å²) < 4.78 is 28.2. The van der Waals surface area contributed by atoms with Crippen LogP contribution in [0.2, 0.25) is 0 Å². The van der Waals surface area contributed by atoms with Gasteiger partial charge in [-0.25, -0.2) is 4.72 Å². The average Bonchev–Trinajstić information content (AvgIpc) is 2.87. The monoisotopic (exact) mass is 339 g/mol. The van der Waals surface area contributed by atoms with Crippen molar-refractivity contribution in [2.24, 2.45) is 5.92 Å². The molecule has 0 aliphatic carbocycles. The average molecular weight is 339 g/mol. The Morgan fingerprint density at radius 1 is 1.22 bits per heavy atom. The summed E-state index contributed by atoms with van der Waals surface area (Å²) >= 11 is 0. The van der Waals surface area contributed by atoms with Gasteiger partial charge in [-0.1, -0.05) is 44.2 Å². The predicted octanol–water partition coefficient (Wildman–Crippen LogP) is 1.21. The fourth-order valence-corrected chi connectivity index (χ4v) is 4.13. The molecule has 2 rings (SSSR count). The second kappa shape index (κ2) is 7.90. The smallest absolute Gasteiger partial charge is 0.279 e. The van der Waals surface area contributed by atoms with Crippen LogP contribution in [-0.2, 0) is 21.5 Å². The molecule has 7 heteroatoms. The Bertz CT molecular complexity index is 615. The van der Waals surface area contributed by atoms with E-state index in [0.29, 0.717) is 39.1 Å². The molecule has 1 aliphatic rings. The summed E-state index contributed by atoms with van der Waals surface area (Å²) in [5, 5.41) is 0. The van der Waals surface area contributed by atoms with Gasteiger partial charge >= 0.3 is 0 Å². The lowest BCUT2D eigenvalue weighted by molar-refractivity contribution is -0.128. The number of nitrogens with zero attached hydrogens (tertiary/aromatic N) is 2. The zero-order valence-corrected chi connectivity index (χ0v) is 14.6. The highest BCUT2D eigenvalue weighted by atomic mass is 32.2. The summed E-state index contributed by atoms with van der Waals surface area (Å²) in [6.07, 6.45) is 0.396. The number of rotatable bonds is 8. The fourth-order valence-electron chi connectivity index (χ4n) is 2.83. The van der Waals surface area contributed by atoms with Crippen molar-refractivity contribution >= 4 is 16.1 Å². The van der Waals surface area contributed by atoms with E-state index < -0.39 is 10.2 Å². The van der Waals surface area contributed by atoms with Crippen molar-refractivity contribution < 1.29 is 13.2 Å². The number of hydrogen-bond donors (Lipinski definition) is 1. The zero-order valence-electron chi connectivity index (χ0n) is 13.7. The van der Waals surface area contributed by atoms with Crippen molar-refractivity contribution in [3.05, 3.63) is 35.9 Å². The lowest BCUT2D eigenvalue weighted by Gasteiger charge is -2.20. The molecular formula is C16H25N3O3S. The quantitative estimate of drug-likeness (QED) is 0.774. The second-order valence-corrected chi connectivity index (χ2v) is 7.52. The summed E-state index contributed by atoms with van der Waals surface area (Å²) in [4.78, 5) is 13.9. The number of hydrogen-bond acceptors (Lipinski definition) is 3. The SMILES string of the molecule is CCN(CC)S(=O)(=O)NCC1CC(=O)N(Cc2ccccc2)C1. The third-order valence-electron chi connectivity index (χ3n) is 4.11. The summed E-state index contributed by atoms with van der Waals surface area (Å²) in [5.41, 5.74) is 1.09. The molecule has 1 fully saturated rings. The normalized spacial score (nSPS) is 18.8. The molecule has 0 spiro atoms. The van der Waals surface area contributed by atoms with E-state index in [-0.39, 0.29) is 11.8 Å². The molecule has 1 heterocycles. The first kappa shape index (κ1) is 17.9. The Morgan fingerprint density at radius 3 is 2.48 bits per heavy atom. The van der Waals surface area contributed by atoms with Crippen molar-refractivity contribution in [2.75, 3.05) is 26.2 Å². The Morgan fingerprint density at radius 2 is 1.87 bits per heavy atom. The van der Waals surface area contributed by atoms with E-state index >= 15 is 0 Å². The highest BCUT2D eigenvalue weighted by molar-refractivity contribution is 7.87. The van der Waals surface area contributed by atoms with Crippen LogP contribution in [0, 0.1) is 5.92 Å². The largest absolute Gasteiger partial charge is 0.338 e. The van der Waals surface area contributed by atoms with Crippen LogP contribution >= 0.6 is 0 Å². The van der Waals surface area contributed by atoms with Crippen molar-refractivity contribution in [2.45, 2.75) is 26.8 Å². The first-order chi connectivity index (χ1) is 11.0. The van der Waals surface area contributed by atoms with Gasteiger partial charge in [0, 0.05) is 39.1 Å². The van der Waals surface area contributed by atoms with Crippen LogP contribution < -0.4 is 4.72 Å². The molecule has 1 saturated heterocycles. The maximum absolute atomic E-state index is 12.1. The van der Waals surface area contributed by atoms with Gasteiger partial charge in [0.05, 0.1) is 0 Å². The molecule has 1 aromatic carbocycles. The van der Waals surface area contributed by atoms with Crippen molar-refractivity contribution in [1.29, 1.82) is 0 Å². The molecule has 1 amide bonds. The first-order valence-electron chi connectivity index (χ1n) is 8.02. The standard InChI is InChI=1S/C16H25N3O3S/c1-3-19(4-2)23(21,22)17-11-15-10-16(20)18(13-15)12-14-8-6-5-7-9-14/h5-9,15,17H,3-4,10-13H2,1-2H3. The van der Waals surface area contributed by atoms with E-state index in [1.54, 1.807) is 4.90 Å². The third-order valence-corrected chi connectivity index (χ3v) is 5.84. The molecule has 1 aliphatic heterocycles. The van der Waals surface area contributed by atoms with Crippen LogP contribution in [0.1, 0.15) is 25.8 Å². The van der Waals surface area contributed by atoms with Crippen molar-refractivity contribution in [3.8, 4) is 0 Å². The van der Waals surface area contributed by atoms with Crippen molar-refractivity contribution in [3.63, 3.8) is 0 Å². The van der Waals surface area contributed by atoms with Crippen LogP contribution in [0.15, 0.2) is 30.3 Å². The third kappa shape index (κ3) is 4.76. The minimum absolute atomic E-state index is 0.0246. The maximum Gasteiger partial charge on any atom is 0.279 e. The Kier molecular flexibility index (Phi) is 6.15. The lowest BCUT2D eigenvalue weighted by atomic mass is 10.1. The van der Waals surface area contributed by atoms with Gasteiger partial charge in [0.1, 0.15) is 0 Å². The van der Waals surface area contributed by atoms with Gasteiger partial charge in [0.25, 0.3) is 10.2 Å². The molecule has 1 N–H and O–H groups in total. The Hall–Kier alpha value is -1.44. The molecule has 0 aromatic heterocycles. The highest BCUT2D eigenvalue weighted by Crippen LogP contribution is 2.20. The topological polar surface area (TPSA) is 69.7 Å². The number of nitrogens with one attached hydrogen (secondary N) is 1. The summed E-state index contributed by atoms with van der Waals surface area (Å²) in [6.45, 7) is 5.97. The van der Waals surface area contributed by atoms with Gasteiger partial charge in [-0.15, -0.1) is 0 Å². The van der Waals surface area contributed by atoms with Gasteiger partial charge in [0.2, 0.25) is 5.91 Å². The van der Waals surface area contributed by atoms with Crippen LogP contribution in [0.3, 0.4) is 0 Å².